The van der Waals surface area contributed by atoms with Crippen LogP contribution < -0.4 is 16.0 Å². The van der Waals surface area contributed by atoms with Crippen molar-refractivity contribution < 1.29 is 22.8 Å². The maximum absolute atomic E-state index is 13.8. The number of nitrogens with one attached hydrogen (secondary N) is 3. The summed E-state index contributed by atoms with van der Waals surface area (Å²) in [5.41, 5.74) is -0.107. The minimum absolute atomic E-state index is 0.00113. The van der Waals surface area contributed by atoms with E-state index < -0.39 is 17.8 Å². The number of piperazine rings is 1. The largest absolute Gasteiger partial charge is 0.416 e. The minimum atomic E-state index is -4.60. The van der Waals surface area contributed by atoms with Gasteiger partial charge in [-0.3, -0.25) is 15.0 Å². The monoisotopic (exact) mass is 534 g/mol. The highest BCUT2D eigenvalue weighted by atomic mass is 32.1. The molecule has 1 fully saturated rings. The topological polar surface area (TPSA) is 115 Å². The lowest BCUT2D eigenvalue weighted by atomic mass is 10.0. The summed E-state index contributed by atoms with van der Waals surface area (Å²) in [6, 6.07) is 4.70. The van der Waals surface area contributed by atoms with Crippen LogP contribution in [-0.2, 0) is 17.5 Å². The van der Waals surface area contributed by atoms with Crippen molar-refractivity contribution in [2.75, 3.05) is 49.2 Å². The van der Waals surface area contributed by atoms with Crippen LogP contribution in [0.4, 0.5) is 34.7 Å². The third-order valence-corrected chi connectivity index (χ3v) is 6.68. The minimum Gasteiger partial charge on any atom is -0.357 e. The Morgan fingerprint density at radius 1 is 1.08 bits per heavy atom. The van der Waals surface area contributed by atoms with E-state index in [-0.39, 0.29) is 28.8 Å². The number of aromatic nitrogens is 3. The molecule has 0 saturated carbocycles. The molecular weight excluding hydrogens is 509 g/mol. The van der Waals surface area contributed by atoms with Crippen LogP contribution in [0.3, 0.4) is 0 Å². The van der Waals surface area contributed by atoms with Crippen molar-refractivity contribution >= 4 is 40.0 Å². The highest BCUT2D eigenvalue weighted by Gasteiger charge is 2.34. The predicted octanol–water partition coefficient (Wildman–Crippen LogP) is 3.97. The molecule has 1 aliphatic rings. The fourth-order valence-electron chi connectivity index (χ4n) is 3.84. The van der Waals surface area contributed by atoms with Crippen molar-refractivity contribution in [3.8, 4) is 10.6 Å². The Bertz CT molecular complexity index is 1270. The van der Waals surface area contributed by atoms with Gasteiger partial charge in [0.1, 0.15) is 0 Å². The molecule has 3 heterocycles. The molecule has 0 radical (unpaired) electrons. The first kappa shape index (κ1) is 26.3. The van der Waals surface area contributed by atoms with Crippen molar-refractivity contribution in [3.63, 3.8) is 0 Å². The fourth-order valence-corrected chi connectivity index (χ4v) is 4.63. The van der Waals surface area contributed by atoms with Crippen molar-refractivity contribution in [1.82, 2.24) is 24.8 Å². The molecule has 0 spiro atoms. The van der Waals surface area contributed by atoms with E-state index in [2.05, 4.69) is 30.9 Å². The number of amides is 3. The molecule has 0 atom stereocenters. The van der Waals surface area contributed by atoms with E-state index in [9.17, 15) is 22.8 Å². The molecule has 3 aromatic rings. The van der Waals surface area contributed by atoms with Gasteiger partial charge in [0.05, 0.1) is 16.1 Å². The van der Waals surface area contributed by atoms with Gasteiger partial charge >= 0.3 is 12.2 Å². The lowest BCUT2D eigenvalue weighted by Crippen LogP contribution is -2.47. The molecule has 2 aromatic heterocycles. The van der Waals surface area contributed by atoms with Gasteiger partial charge in [-0.05, 0) is 23.8 Å². The quantitative estimate of drug-likeness (QED) is 0.438. The smallest absolute Gasteiger partial charge is 0.357 e. The van der Waals surface area contributed by atoms with Gasteiger partial charge in [-0.25, -0.2) is 19.7 Å². The van der Waals surface area contributed by atoms with E-state index in [4.69, 9.17) is 0 Å². The van der Waals surface area contributed by atoms with Gasteiger partial charge in [-0.15, -0.1) is 0 Å². The average molecular weight is 535 g/mol. The molecular formula is C23H25F3N8O2S. The molecule has 0 bridgehead atoms. The van der Waals surface area contributed by atoms with Gasteiger partial charge in [-0.2, -0.15) is 13.2 Å². The zero-order valence-electron chi connectivity index (χ0n) is 20.1. The second-order valence-electron chi connectivity index (χ2n) is 8.28. The van der Waals surface area contributed by atoms with Crippen LogP contribution in [0.5, 0.6) is 0 Å². The first-order valence-electron chi connectivity index (χ1n) is 11.4. The molecule has 0 aliphatic carbocycles. The van der Waals surface area contributed by atoms with Crippen LogP contribution in [-0.4, -0.2) is 69.9 Å². The molecule has 1 saturated heterocycles. The van der Waals surface area contributed by atoms with Gasteiger partial charge in [-0.1, -0.05) is 17.4 Å². The highest BCUT2D eigenvalue weighted by Crippen LogP contribution is 2.35. The second kappa shape index (κ2) is 11.1. The Morgan fingerprint density at radius 3 is 2.51 bits per heavy atom. The molecule has 3 amide bonds. The average Bonchev–Trinajstić information content (AvgIpc) is 3.33. The number of carbonyl (C=O) groups is 2. The van der Waals surface area contributed by atoms with E-state index in [1.807, 2.05) is 4.90 Å². The summed E-state index contributed by atoms with van der Waals surface area (Å²) in [6.45, 7) is 3.49. The Morgan fingerprint density at radius 2 is 1.84 bits per heavy atom. The zero-order valence-corrected chi connectivity index (χ0v) is 20.9. The van der Waals surface area contributed by atoms with Crippen LogP contribution in [0.15, 0.2) is 36.7 Å². The number of urea groups is 1. The van der Waals surface area contributed by atoms with E-state index in [1.54, 1.807) is 24.2 Å². The number of hydrogen-bond donors (Lipinski definition) is 3. The van der Waals surface area contributed by atoms with Gasteiger partial charge in [0.2, 0.25) is 11.9 Å². The van der Waals surface area contributed by atoms with E-state index >= 15 is 0 Å². The number of anilines is 3. The second-order valence-corrected chi connectivity index (χ2v) is 9.31. The van der Waals surface area contributed by atoms with Crippen LogP contribution >= 0.6 is 11.3 Å². The molecule has 196 valence electrons. The molecule has 3 N–H and O–H groups in total. The SMILES string of the molecule is CNc1nccc(-c2cnc(NC(=O)Nc3ccc(CN4CCN(C(C)=O)CC4)c(C(F)(F)F)c3)s2)n1. The van der Waals surface area contributed by atoms with Crippen LogP contribution in [0.2, 0.25) is 0 Å². The zero-order chi connectivity index (χ0) is 26.6. The summed E-state index contributed by atoms with van der Waals surface area (Å²) in [5, 5.41) is 8.08. The van der Waals surface area contributed by atoms with Crippen LogP contribution in [0.1, 0.15) is 18.1 Å². The first-order valence-corrected chi connectivity index (χ1v) is 12.2. The normalized spacial score (nSPS) is 14.4. The van der Waals surface area contributed by atoms with Gasteiger partial charge in [0.15, 0.2) is 5.13 Å². The Balaban J connectivity index is 1.41. The number of rotatable bonds is 6. The van der Waals surface area contributed by atoms with E-state index in [0.29, 0.717) is 42.7 Å². The van der Waals surface area contributed by atoms with E-state index in [0.717, 1.165) is 17.4 Å². The Labute approximate surface area is 214 Å². The van der Waals surface area contributed by atoms with Crippen molar-refractivity contribution in [2.24, 2.45) is 0 Å². The Kier molecular flexibility index (Phi) is 7.88. The van der Waals surface area contributed by atoms with E-state index in [1.165, 1.54) is 25.3 Å². The van der Waals surface area contributed by atoms with Crippen molar-refractivity contribution in [3.05, 3.63) is 47.8 Å². The van der Waals surface area contributed by atoms with Crippen molar-refractivity contribution in [2.45, 2.75) is 19.6 Å². The molecule has 37 heavy (non-hydrogen) atoms. The summed E-state index contributed by atoms with van der Waals surface area (Å²) in [4.78, 5) is 40.7. The first-order chi connectivity index (χ1) is 17.6. The summed E-state index contributed by atoms with van der Waals surface area (Å²) in [7, 11) is 1.69. The summed E-state index contributed by atoms with van der Waals surface area (Å²) >= 11 is 1.16. The highest BCUT2D eigenvalue weighted by molar-refractivity contribution is 7.19. The summed E-state index contributed by atoms with van der Waals surface area (Å²) < 4.78 is 41.5. The molecule has 0 unspecified atom stereocenters. The standard InChI is InChI=1S/C23H25F3N8O2S/c1-14(35)34-9-7-33(8-10-34)13-15-3-4-16(11-17(15)23(24,25)26)30-21(36)32-22-29-12-19(37-22)18-5-6-28-20(27-2)31-18/h3-6,11-12H,7-10,13H2,1-2H3,(H,27,28,31)(H2,29,30,32,36). The number of hydrogen-bond acceptors (Lipinski definition) is 8. The van der Waals surface area contributed by atoms with Gasteiger partial charge in [0.25, 0.3) is 0 Å². The lowest BCUT2D eigenvalue weighted by molar-refractivity contribution is -0.138. The third-order valence-electron chi connectivity index (χ3n) is 5.74. The molecule has 4 rings (SSSR count). The molecule has 10 nitrogen and oxygen atoms in total. The maximum Gasteiger partial charge on any atom is 0.416 e. The molecule has 1 aliphatic heterocycles. The number of halogens is 3. The molecule has 14 heteroatoms. The number of carbonyl (C=O) groups excluding carboxylic acids is 2. The number of alkyl halides is 3. The van der Waals surface area contributed by atoms with Crippen molar-refractivity contribution in [1.29, 1.82) is 0 Å². The van der Waals surface area contributed by atoms with Crippen LogP contribution in [0.25, 0.3) is 10.6 Å². The Hall–Kier alpha value is -3.78. The molecule has 1 aromatic carbocycles. The third kappa shape index (κ3) is 6.71. The number of thiazole rings is 1. The lowest BCUT2D eigenvalue weighted by Gasteiger charge is -2.34. The summed E-state index contributed by atoms with van der Waals surface area (Å²) in [5.74, 6) is 0.385. The van der Waals surface area contributed by atoms with Gasteiger partial charge in [0, 0.05) is 64.8 Å². The fraction of sp³-hybridized carbons (Fsp3) is 0.348. The number of nitrogens with zero attached hydrogens (tertiary/aromatic N) is 5. The number of benzene rings is 1. The van der Waals surface area contributed by atoms with Crippen LogP contribution in [0, 0.1) is 0 Å². The maximum atomic E-state index is 13.8. The van der Waals surface area contributed by atoms with Gasteiger partial charge < -0.3 is 15.5 Å². The predicted molar refractivity (Wildman–Crippen MR) is 134 cm³/mol. The summed E-state index contributed by atoms with van der Waals surface area (Å²) in [6.07, 6.45) is -1.48.